The van der Waals surface area contributed by atoms with E-state index in [4.69, 9.17) is 4.74 Å². The lowest BCUT2D eigenvalue weighted by Gasteiger charge is -2.25. The van der Waals surface area contributed by atoms with E-state index in [1.807, 2.05) is 50.2 Å². The molecule has 2 aliphatic heterocycles. The summed E-state index contributed by atoms with van der Waals surface area (Å²) in [4.78, 5) is 24.4. The summed E-state index contributed by atoms with van der Waals surface area (Å²) in [6.07, 6.45) is 0.744. The van der Waals surface area contributed by atoms with Gasteiger partial charge in [0.1, 0.15) is 0 Å². The van der Waals surface area contributed by atoms with Gasteiger partial charge in [0.05, 0.1) is 17.2 Å². The smallest absolute Gasteiger partial charge is 0.264 e. The maximum absolute atomic E-state index is 13.6. The molecule has 1 aromatic heterocycles. The number of fused-ring (bicyclic) bond motifs is 7. The Morgan fingerprint density at radius 2 is 1.67 bits per heavy atom. The molecule has 0 saturated heterocycles. The van der Waals surface area contributed by atoms with Crippen molar-refractivity contribution in [3.8, 4) is 17.1 Å². The van der Waals surface area contributed by atoms with Crippen LogP contribution in [-0.2, 0) is 23.0 Å². The maximum Gasteiger partial charge on any atom is 0.264 e. The number of hydrogen-bond donors (Lipinski definition) is 1. The lowest BCUT2D eigenvalue weighted by atomic mass is 9.98. The minimum Gasteiger partial charge on any atom is -0.477 e. The summed E-state index contributed by atoms with van der Waals surface area (Å²) < 4.78 is 35.5. The highest BCUT2D eigenvalue weighted by Gasteiger charge is 2.28. The van der Waals surface area contributed by atoms with Gasteiger partial charge in [-0.15, -0.1) is 0 Å². The topological polar surface area (TPSA) is 101 Å². The molecule has 39 heavy (non-hydrogen) atoms. The van der Waals surface area contributed by atoms with Crippen molar-refractivity contribution in [3.05, 3.63) is 101 Å². The van der Waals surface area contributed by atoms with Crippen molar-refractivity contribution in [1.82, 2.24) is 14.9 Å². The third-order valence-electron chi connectivity index (χ3n) is 7.28. The summed E-state index contributed by atoms with van der Waals surface area (Å²) >= 11 is 0. The summed E-state index contributed by atoms with van der Waals surface area (Å²) in [7, 11) is -4.09. The van der Waals surface area contributed by atoms with Gasteiger partial charge in [0.15, 0.2) is 0 Å². The van der Waals surface area contributed by atoms with Crippen molar-refractivity contribution in [3.63, 3.8) is 0 Å². The molecule has 1 N–H and O–H groups in total. The number of carbonyl (C=O) groups excluding carboxylic acids is 1. The van der Waals surface area contributed by atoms with Gasteiger partial charge < -0.3 is 9.64 Å². The molecule has 1 atom stereocenters. The fourth-order valence-electron chi connectivity index (χ4n) is 5.39. The van der Waals surface area contributed by atoms with Gasteiger partial charge in [-0.05, 0) is 60.7 Å². The van der Waals surface area contributed by atoms with Crippen LogP contribution in [0.4, 0.5) is 5.95 Å². The monoisotopic (exact) mass is 540 g/mol. The second-order valence-corrected chi connectivity index (χ2v) is 11.8. The van der Waals surface area contributed by atoms with Gasteiger partial charge >= 0.3 is 0 Å². The zero-order chi connectivity index (χ0) is 27.1. The van der Waals surface area contributed by atoms with E-state index in [9.17, 15) is 13.2 Å². The number of benzene rings is 3. The van der Waals surface area contributed by atoms with Crippen molar-refractivity contribution in [2.75, 3.05) is 17.9 Å². The Morgan fingerprint density at radius 1 is 0.923 bits per heavy atom. The summed E-state index contributed by atoms with van der Waals surface area (Å²) in [6, 6.07) is 21.9. The Bertz CT molecular complexity index is 1680. The summed E-state index contributed by atoms with van der Waals surface area (Å²) in [6.45, 7) is 5.18. The van der Waals surface area contributed by atoms with Crippen molar-refractivity contribution in [2.45, 2.75) is 31.7 Å². The van der Waals surface area contributed by atoms with Gasteiger partial charge in [0.2, 0.25) is 11.8 Å². The molecular formula is C30H28N4O4S. The first kappa shape index (κ1) is 25.1. The van der Waals surface area contributed by atoms with Crippen molar-refractivity contribution < 1.29 is 17.9 Å². The lowest BCUT2D eigenvalue weighted by Crippen LogP contribution is -2.36. The normalized spacial score (nSPS) is 18.2. The van der Waals surface area contributed by atoms with Crippen LogP contribution in [0.3, 0.4) is 0 Å². The largest absolute Gasteiger partial charge is 0.477 e. The zero-order valence-corrected chi connectivity index (χ0v) is 22.5. The average molecular weight is 541 g/mol. The molecule has 3 heterocycles. The highest BCUT2D eigenvalue weighted by molar-refractivity contribution is 7.92. The summed E-state index contributed by atoms with van der Waals surface area (Å²) in [5.74, 6) is -0.0475. The second kappa shape index (κ2) is 9.81. The highest BCUT2D eigenvalue weighted by Crippen LogP contribution is 2.31. The number of nitrogens with one attached hydrogen (secondary N) is 1. The summed E-state index contributed by atoms with van der Waals surface area (Å²) in [5.41, 5.74) is 6.02. The third kappa shape index (κ3) is 4.97. The molecule has 1 amide bonds. The van der Waals surface area contributed by atoms with Crippen LogP contribution in [0.5, 0.6) is 5.88 Å². The molecule has 6 bridgehead atoms. The molecule has 4 aromatic rings. The highest BCUT2D eigenvalue weighted by atomic mass is 32.2. The number of ether oxygens (including phenoxy) is 1. The van der Waals surface area contributed by atoms with Gasteiger partial charge in [-0.25, -0.2) is 18.1 Å². The fourth-order valence-corrected chi connectivity index (χ4v) is 6.38. The van der Waals surface area contributed by atoms with E-state index in [1.54, 1.807) is 23.1 Å². The van der Waals surface area contributed by atoms with Crippen LogP contribution < -0.4 is 9.46 Å². The van der Waals surface area contributed by atoms with E-state index in [-0.39, 0.29) is 28.5 Å². The van der Waals surface area contributed by atoms with Gasteiger partial charge in [0, 0.05) is 36.2 Å². The Labute approximate surface area is 227 Å². The van der Waals surface area contributed by atoms with E-state index in [1.165, 1.54) is 17.7 Å². The molecule has 1 unspecified atom stereocenters. The van der Waals surface area contributed by atoms with E-state index in [0.717, 1.165) is 28.7 Å². The first-order valence-corrected chi connectivity index (χ1v) is 14.3. The number of sulfonamides is 1. The number of amides is 1. The number of carbonyl (C=O) groups is 1. The van der Waals surface area contributed by atoms with Crippen LogP contribution >= 0.6 is 0 Å². The van der Waals surface area contributed by atoms with Crippen LogP contribution in [0, 0.1) is 19.8 Å². The third-order valence-corrected chi connectivity index (χ3v) is 8.60. The summed E-state index contributed by atoms with van der Waals surface area (Å²) in [5, 5.41) is 0. The van der Waals surface area contributed by atoms with Gasteiger partial charge in [-0.1, -0.05) is 48.5 Å². The van der Waals surface area contributed by atoms with E-state index < -0.39 is 10.0 Å². The number of rotatable bonds is 1. The zero-order valence-electron chi connectivity index (χ0n) is 21.7. The minimum atomic E-state index is -4.09. The van der Waals surface area contributed by atoms with Crippen molar-refractivity contribution >= 4 is 21.9 Å². The van der Waals surface area contributed by atoms with E-state index >= 15 is 0 Å². The van der Waals surface area contributed by atoms with Crippen LogP contribution in [0.2, 0.25) is 0 Å². The molecule has 3 aromatic carbocycles. The molecule has 6 rings (SSSR count). The molecule has 0 aliphatic carbocycles. The van der Waals surface area contributed by atoms with E-state index in [2.05, 4.69) is 20.8 Å². The Balaban J connectivity index is 1.50. The predicted octanol–water partition coefficient (Wildman–Crippen LogP) is 4.77. The lowest BCUT2D eigenvalue weighted by molar-refractivity contribution is 0.0701. The average Bonchev–Trinajstić information content (AvgIpc) is 3.10. The molecule has 198 valence electrons. The van der Waals surface area contributed by atoms with E-state index in [0.29, 0.717) is 31.0 Å². The quantitative estimate of drug-likeness (QED) is 0.373. The number of nitrogens with zero attached hydrogens (tertiary/aromatic N) is 3. The molecule has 2 aliphatic rings. The molecular weight excluding hydrogens is 512 g/mol. The SMILES string of the molecule is Cc1cccc(C)c1-c1cc2nc(n1)NS(=O)(=O)c1cccc(c1)C(=O)N1Cc3ccccc3CC(CO2)C1. The predicted molar refractivity (Wildman–Crippen MR) is 148 cm³/mol. The van der Waals surface area contributed by atoms with Crippen LogP contribution in [0.15, 0.2) is 77.7 Å². The fraction of sp³-hybridized carbons (Fsp3) is 0.233. The molecule has 9 heteroatoms. The van der Waals surface area contributed by atoms with Crippen LogP contribution in [0.1, 0.15) is 32.6 Å². The van der Waals surface area contributed by atoms with Gasteiger partial charge in [-0.2, -0.15) is 4.98 Å². The number of aromatic nitrogens is 2. The van der Waals surface area contributed by atoms with Crippen LogP contribution in [-0.4, -0.2) is 42.3 Å². The van der Waals surface area contributed by atoms with Crippen molar-refractivity contribution in [2.24, 2.45) is 5.92 Å². The van der Waals surface area contributed by atoms with Crippen LogP contribution in [0.25, 0.3) is 11.3 Å². The Hall–Kier alpha value is -4.24. The Kier molecular flexibility index (Phi) is 6.31. The standard InChI is InChI=1S/C30H28N4O4S/c1-19-7-5-8-20(2)28(19)26-15-27-32-30(31-26)33-39(36,37)25-12-6-11-23(14-25)29(35)34-16-21(18-38-27)13-22-9-3-4-10-24(22)17-34/h3-12,14-15,21H,13,16-18H2,1-2H3,(H,31,32,33). The molecule has 8 nitrogen and oxygen atoms in total. The molecule has 0 radical (unpaired) electrons. The number of aryl methyl sites for hydroxylation is 2. The van der Waals surface area contributed by atoms with Crippen molar-refractivity contribution in [1.29, 1.82) is 0 Å². The number of hydrogen-bond acceptors (Lipinski definition) is 6. The molecule has 0 saturated carbocycles. The number of anilines is 1. The van der Waals surface area contributed by atoms with Gasteiger partial charge in [-0.3, -0.25) is 4.79 Å². The first-order chi connectivity index (χ1) is 18.8. The Morgan fingerprint density at radius 3 is 2.46 bits per heavy atom. The first-order valence-electron chi connectivity index (χ1n) is 12.8. The minimum absolute atomic E-state index is 0.00229. The second-order valence-electron chi connectivity index (χ2n) is 10.2. The molecule has 0 fully saturated rings. The van der Waals surface area contributed by atoms with Gasteiger partial charge in [0.25, 0.3) is 15.9 Å². The molecule has 0 spiro atoms. The maximum atomic E-state index is 13.6.